The van der Waals surface area contributed by atoms with Crippen LogP contribution in [0.15, 0.2) is 42.7 Å². The summed E-state index contributed by atoms with van der Waals surface area (Å²) in [5, 5.41) is 5.61. The van der Waals surface area contributed by atoms with E-state index in [9.17, 15) is 0 Å². The van der Waals surface area contributed by atoms with E-state index in [4.69, 9.17) is 0 Å². The van der Waals surface area contributed by atoms with Crippen molar-refractivity contribution < 1.29 is 0 Å². The van der Waals surface area contributed by atoms with Crippen molar-refractivity contribution in [2.24, 2.45) is 0 Å². The van der Waals surface area contributed by atoms with Gasteiger partial charge in [0.1, 0.15) is 5.82 Å². The van der Waals surface area contributed by atoms with Crippen molar-refractivity contribution in [2.75, 3.05) is 0 Å². The van der Waals surface area contributed by atoms with Gasteiger partial charge in [0, 0.05) is 25.4 Å². The minimum Gasteiger partial charge on any atom is -0.270 e. The first-order valence-electron chi connectivity index (χ1n) is 8.08. The zero-order valence-electron chi connectivity index (χ0n) is 13.1. The number of aromatic nitrogens is 4. The van der Waals surface area contributed by atoms with E-state index in [0.29, 0.717) is 0 Å². The quantitative estimate of drug-likeness (QED) is 0.665. The van der Waals surface area contributed by atoms with Crippen molar-refractivity contribution in [1.29, 1.82) is 0 Å². The largest absolute Gasteiger partial charge is 0.270 e. The minimum absolute atomic E-state index is 0.820. The average Bonchev–Trinajstić information content (AvgIpc) is 2.96. The van der Waals surface area contributed by atoms with E-state index < -0.39 is 0 Å². The van der Waals surface area contributed by atoms with Crippen LogP contribution in [-0.2, 0) is 19.4 Å². The first-order valence-corrected chi connectivity index (χ1v) is 8.08. The number of fused-ring (bicyclic) bond motifs is 1. The molecule has 0 saturated heterocycles. The Bertz CT molecular complexity index is 718. The molecule has 3 rings (SSSR count). The summed E-state index contributed by atoms with van der Waals surface area (Å²) in [6.07, 6.45) is 9.32. The highest BCUT2D eigenvalue weighted by Gasteiger charge is 2.05. The molecule has 0 unspecified atom stereocenters. The third kappa shape index (κ3) is 3.70. The van der Waals surface area contributed by atoms with Gasteiger partial charge in [-0.15, -0.1) is 0 Å². The van der Waals surface area contributed by atoms with E-state index >= 15 is 0 Å². The monoisotopic (exact) mass is 294 g/mol. The third-order valence-corrected chi connectivity index (χ3v) is 3.81. The molecular formula is C18H22N4. The number of rotatable bonds is 7. The Labute approximate surface area is 131 Å². The number of unbranched alkanes of at least 4 members (excludes halogenated alkanes) is 1. The van der Waals surface area contributed by atoms with E-state index in [1.807, 2.05) is 17.1 Å². The molecule has 1 aromatic carbocycles. The highest BCUT2D eigenvalue weighted by Crippen LogP contribution is 2.11. The van der Waals surface area contributed by atoms with Gasteiger partial charge in [-0.25, -0.2) is 9.97 Å². The molecule has 2 aromatic heterocycles. The van der Waals surface area contributed by atoms with Gasteiger partial charge in [-0.05, 0) is 24.8 Å². The molecule has 0 aliphatic rings. The molecule has 2 heterocycles. The van der Waals surface area contributed by atoms with Crippen LogP contribution in [0.4, 0.5) is 0 Å². The number of hydrogen-bond donors (Lipinski definition) is 0. The van der Waals surface area contributed by atoms with Crippen LogP contribution in [-0.4, -0.2) is 19.7 Å². The topological polar surface area (TPSA) is 43.6 Å². The Kier molecular flexibility index (Phi) is 4.78. The van der Waals surface area contributed by atoms with Crippen LogP contribution < -0.4 is 0 Å². The average molecular weight is 294 g/mol. The van der Waals surface area contributed by atoms with Crippen LogP contribution in [0.3, 0.4) is 0 Å². The summed E-state index contributed by atoms with van der Waals surface area (Å²) in [5.74, 6) is 0.906. The second-order valence-electron chi connectivity index (χ2n) is 5.65. The molecule has 0 amide bonds. The Balaban J connectivity index is 1.62. The molecule has 3 aromatic rings. The van der Waals surface area contributed by atoms with E-state index in [2.05, 4.69) is 52.3 Å². The predicted molar refractivity (Wildman–Crippen MR) is 88.7 cm³/mol. The van der Waals surface area contributed by atoms with Gasteiger partial charge in [0.05, 0.1) is 5.39 Å². The molecule has 0 radical (unpaired) electrons. The zero-order chi connectivity index (χ0) is 15.2. The first kappa shape index (κ1) is 14.7. The number of benzene rings is 1. The van der Waals surface area contributed by atoms with Gasteiger partial charge >= 0.3 is 0 Å². The fourth-order valence-corrected chi connectivity index (χ4v) is 2.56. The van der Waals surface area contributed by atoms with Crippen molar-refractivity contribution in [3.8, 4) is 0 Å². The fraction of sp³-hybridized carbons (Fsp3) is 0.389. The van der Waals surface area contributed by atoms with E-state index in [-0.39, 0.29) is 0 Å². The maximum Gasteiger partial charge on any atom is 0.184 e. The molecule has 0 fully saturated rings. The second kappa shape index (κ2) is 7.16. The lowest BCUT2D eigenvalue weighted by molar-refractivity contribution is 0.582. The molecule has 0 spiro atoms. The summed E-state index contributed by atoms with van der Waals surface area (Å²) in [5.41, 5.74) is 2.20. The van der Waals surface area contributed by atoms with E-state index in [1.165, 1.54) is 5.56 Å². The molecule has 0 N–H and O–H groups in total. The Morgan fingerprint density at radius 1 is 1.05 bits per heavy atom. The molecule has 4 nitrogen and oxygen atoms in total. The van der Waals surface area contributed by atoms with Crippen molar-refractivity contribution >= 4 is 11.0 Å². The van der Waals surface area contributed by atoms with Crippen LogP contribution >= 0.6 is 0 Å². The summed E-state index contributed by atoms with van der Waals surface area (Å²) < 4.78 is 1.99. The highest BCUT2D eigenvalue weighted by molar-refractivity contribution is 5.72. The second-order valence-corrected chi connectivity index (χ2v) is 5.65. The molecule has 0 aliphatic carbocycles. The third-order valence-electron chi connectivity index (χ3n) is 3.81. The van der Waals surface area contributed by atoms with E-state index in [1.54, 1.807) is 0 Å². The lowest BCUT2D eigenvalue weighted by atomic mass is 10.1. The molecule has 0 aliphatic heterocycles. The van der Waals surface area contributed by atoms with E-state index in [0.717, 1.165) is 55.5 Å². The number of aryl methyl sites for hydroxylation is 3. The van der Waals surface area contributed by atoms with Crippen molar-refractivity contribution in [3.63, 3.8) is 0 Å². The van der Waals surface area contributed by atoms with Crippen LogP contribution in [0.25, 0.3) is 11.0 Å². The zero-order valence-corrected chi connectivity index (χ0v) is 13.1. The predicted octanol–water partition coefficient (Wildman–Crippen LogP) is 3.80. The number of hydrogen-bond acceptors (Lipinski definition) is 3. The van der Waals surface area contributed by atoms with Gasteiger partial charge < -0.3 is 0 Å². The lowest BCUT2D eigenvalue weighted by Gasteiger charge is -2.01. The molecule has 0 saturated carbocycles. The van der Waals surface area contributed by atoms with Crippen molar-refractivity contribution in [1.82, 2.24) is 19.7 Å². The van der Waals surface area contributed by atoms with Gasteiger partial charge in [0.15, 0.2) is 5.65 Å². The van der Waals surface area contributed by atoms with Crippen molar-refractivity contribution in [2.45, 2.75) is 45.6 Å². The van der Waals surface area contributed by atoms with Crippen LogP contribution in [0.2, 0.25) is 0 Å². The summed E-state index contributed by atoms with van der Waals surface area (Å²) in [6.45, 7) is 3.09. The van der Waals surface area contributed by atoms with Gasteiger partial charge in [-0.2, -0.15) is 5.10 Å². The van der Waals surface area contributed by atoms with Gasteiger partial charge in [0.2, 0.25) is 0 Å². The lowest BCUT2D eigenvalue weighted by Crippen LogP contribution is -2.00. The Hall–Kier alpha value is -2.23. The molecule has 0 bridgehead atoms. The van der Waals surface area contributed by atoms with Crippen LogP contribution in [0.5, 0.6) is 0 Å². The van der Waals surface area contributed by atoms with Gasteiger partial charge in [-0.1, -0.05) is 43.7 Å². The highest BCUT2D eigenvalue weighted by atomic mass is 15.3. The SMILES string of the molecule is CCCCc1ncc2cn(CCCc3ccccc3)nc2n1. The van der Waals surface area contributed by atoms with Crippen molar-refractivity contribution in [3.05, 3.63) is 54.1 Å². The molecule has 114 valence electrons. The maximum absolute atomic E-state index is 4.58. The summed E-state index contributed by atoms with van der Waals surface area (Å²) in [6, 6.07) is 10.6. The summed E-state index contributed by atoms with van der Waals surface area (Å²) in [7, 11) is 0. The first-order chi connectivity index (χ1) is 10.8. The van der Waals surface area contributed by atoms with Gasteiger partial charge in [-0.3, -0.25) is 4.68 Å². The number of nitrogens with zero attached hydrogens (tertiary/aromatic N) is 4. The molecule has 22 heavy (non-hydrogen) atoms. The molecule has 0 atom stereocenters. The van der Waals surface area contributed by atoms with Gasteiger partial charge in [0.25, 0.3) is 0 Å². The minimum atomic E-state index is 0.820. The maximum atomic E-state index is 4.58. The standard InChI is InChI=1S/C18H22N4/c1-2-3-11-17-19-13-16-14-22(21-18(16)20-17)12-7-10-15-8-5-4-6-9-15/h4-6,8-9,13-14H,2-3,7,10-12H2,1H3. The summed E-state index contributed by atoms with van der Waals surface area (Å²) in [4.78, 5) is 8.98. The van der Waals surface area contributed by atoms with Crippen LogP contribution in [0, 0.1) is 0 Å². The Morgan fingerprint density at radius 2 is 1.91 bits per heavy atom. The molecular weight excluding hydrogens is 272 g/mol. The smallest absolute Gasteiger partial charge is 0.184 e. The Morgan fingerprint density at radius 3 is 2.73 bits per heavy atom. The fourth-order valence-electron chi connectivity index (χ4n) is 2.56. The van der Waals surface area contributed by atoms with Crippen LogP contribution in [0.1, 0.15) is 37.6 Å². The summed E-state index contributed by atoms with van der Waals surface area (Å²) >= 11 is 0. The molecule has 4 heteroatoms. The normalized spacial score (nSPS) is 11.1.